The van der Waals surface area contributed by atoms with Crippen LogP contribution in [0.4, 0.5) is 5.69 Å². The zero-order valence-electron chi connectivity index (χ0n) is 10.2. The Labute approximate surface area is 123 Å². The van der Waals surface area contributed by atoms with Gasteiger partial charge in [-0.3, -0.25) is 10.1 Å². The first-order chi connectivity index (χ1) is 8.90. The van der Waals surface area contributed by atoms with Gasteiger partial charge in [-0.15, -0.1) is 0 Å². The van der Waals surface area contributed by atoms with Gasteiger partial charge in [0.05, 0.1) is 9.40 Å². The van der Waals surface area contributed by atoms with E-state index in [1.807, 2.05) is 13.8 Å². The van der Waals surface area contributed by atoms with Crippen LogP contribution >= 0.6 is 28.1 Å². The molecular formula is C12H10BrN3O2S. The second kappa shape index (κ2) is 5.18. The third-order valence-corrected chi connectivity index (χ3v) is 4.25. The van der Waals surface area contributed by atoms with Crippen molar-refractivity contribution in [2.75, 3.05) is 0 Å². The SMILES string of the molecule is Cc1ccc([N+](=O)[O-])cc1-c1nc(=S)c(Br)c(C)[nH]1. The smallest absolute Gasteiger partial charge is 0.270 e. The van der Waals surface area contributed by atoms with E-state index in [1.54, 1.807) is 6.07 Å². The molecule has 0 fully saturated rings. The fourth-order valence-corrected chi connectivity index (χ4v) is 2.11. The summed E-state index contributed by atoms with van der Waals surface area (Å²) in [7, 11) is 0. The van der Waals surface area contributed by atoms with E-state index in [4.69, 9.17) is 12.2 Å². The number of nitro benzene ring substituents is 1. The fraction of sp³-hybridized carbons (Fsp3) is 0.167. The largest absolute Gasteiger partial charge is 0.342 e. The van der Waals surface area contributed by atoms with E-state index in [1.165, 1.54) is 12.1 Å². The number of aromatic nitrogens is 2. The lowest BCUT2D eigenvalue weighted by Gasteiger charge is -2.07. The molecule has 0 atom stereocenters. The van der Waals surface area contributed by atoms with E-state index in [0.29, 0.717) is 16.0 Å². The van der Waals surface area contributed by atoms with Crippen LogP contribution in [0.25, 0.3) is 11.4 Å². The molecule has 5 nitrogen and oxygen atoms in total. The molecule has 0 aliphatic rings. The first-order valence-electron chi connectivity index (χ1n) is 5.42. The van der Waals surface area contributed by atoms with E-state index in [0.717, 1.165) is 15.7 Å². The molecule has 0 saturated carbocycles. The quantitative estimate of drug-likeness (QED) is 0.508. The van der Waals surface area contributed by atoms with Crippen LogP contribution in [0.2, 0.25) is 0 Å². The number of hydrogen-bond acceptors (Lipinski definition) is 4. The summed E-state index contributed by atoms with van der Waals surface area (Å²) in [6.07, 6.45) is 0. The first-order valence-corrected chi connectivity index (χ1v) is 6.62. The van der Waals surface area contributed by atoms with Gasteiger partial charge in [-0.25, -0.2) is 4.98 Å². The molecule has 1 heterocycles. The number of nitrogens with one attached hydrogen (secondary N) is 1. The van der Waals surface area contributed by atoms with Crippen LogP contribution in [0.5, 0.6) is 0 Å². The normalized spacial score (nSPS) is 10.5. The highest BCUT2D eigenvalue weighted by atomic mass is 79.9. The highest BCUT2D eigenvalue weighted by Crippen LogP contribution is 2.26. The Morgan fingerprint density at radius 2 is 2.11 bits per heavy atom. The summed E-state index contributed by atoms with van der Waals surface area (Å²) in [5.41, 5.74) is 2.43. The van der Waals surface area contributed by atoms with E-state index in [-0.39, 0.29) is 5.69 Å². The van der Waals surface area contributed by atoms with Crippen LogP contribution in [0, 0.1) is 28.6 Å². The monoisotopic (exact) mass is 339 g/mol. The van der Waals surface area contributed by atoms with Crippen molar-refractivity contribution in [3.05, 3.63) is 48.7 Å². The second-order valence-corrected chi connectivity index (χ2v) is 5.27. The van der Waals surface area contributed by atoms with Crippen molar-refractivity contribution in [1.82, 2.24) is 9.97 Å². The molecule has 1 N–H and O–H groups in total. The Kier molecular flexibility index (Phi) is 3.77. The van der Waals surface area contributed by atoms with Gasteiger partial charge >= 0.3 is 0 Å². The lowest BCUT2D eigenvalue weighted by Crippen LogP contribution is -1.97. The highest BCUT2D eigenvalue weighted by molar-refractivity contribution is 9.10. The molecule has 0 saturated heterocycles. The Morgan fingerprint density at radius 1 is 1.42 bits per heavy atom. The second-order valence-electron chi connectivity index (χ2n) is 4.09. The molecule has 1 aromatic heterocycles. The summed E-state index contributed by atoms with van der Waals surface area (Å²) in [6.45, 7) is 3.73. The van der Waals surface area contributed by atoms with Crippen LogP contribution in [0.1, 0.15) is 11.3 Å². The Hall–Kier alpha value is -1.60. The van der Waals surface area contributed by atoms with Crippen molar-refractivity contribution < 1.29 is 4.92 Å². The van der Waals surface area contributed by atoms with Crippen LogP contribution in [0.3, 0.4) is 0 Å². The molecule has 19 heavy (non-hydrogen) atoms. The van der Waals surface area contributed by atoms with Crippen LogP contribution in [-0.4, -0.2) is 14.9 Å². The first kappa shape index (κ1) is 13.8. The molecule has 0 unspecified atom stereocenters. The maximum absolute atomic E-state index is 10.8. The van der Waals surface area contributed by atoms with Crippen LogP contribution < -0.4 is 0 Å². The van der Waals surface area contributed by atoms with Crippen LogP contribution in [0.15, 0.2) is 22.7 Å². The number of hydrogen-bond donors (Lipinski definition) is 1. The average molecular weight is 340 g/mol. The third-order valence-electron chi connectivity index (χ3n) is 2.72. The minimum Gasteiger partial charge on any atom is -0.342 e. The molecule has 1 aromatic carbocycles. The van der Waals surface area contributed by atoms with Crippen molar-refractivity contribution in [2.24, 2.45) is 0 Å². The van der Waals surface area contributed by atoms with E-state index < -0.39 is 4.92 Å². The van der Waals surface area contributed by atoms with Crippen molar-refractivity contribution in [1.29, 1.82) is 0 Å². The summed E-state index contributed by atoms with van der Waals surface area (Å²) >= 11 is 8.48. The highest BCUT2D eigenvalue weighted by Gasteiger charge is 2.13. The lowest BCUT2D eigenvalue weighted by molar-refractivity contribution is -0.384. The summed E-state index contributed by atoms with van der Waals surface area (Å²) in [5.74, 6) is 0.534. The van der Waals surface area contributed by atoms with Gasteiger partial charge in [0.1, 0.15) is 10.5 Å². The number of aromatic amines is 1. The molecule has 0 aliphatic heterocycles. The summed E-state index contributed by atoms with van der Waals surface area (Å²) < 4.78 is 1.16. The molecule has 0 amide bonds. The van der Waals surface area contributed by atoms with Gasteiger partial charge in [-0.1, -0.05) is 18.3 Å². The lowest BCUT2D eigenvalue weighted by atomic mass is 10.1. The van der Waals surface area contributed by atoms with E-state index >= 15 is 0 Å². The van der Waals surface area contributed by atoms with Crippen molar-refractivity contribution in [3.63, 3.8) is 0 Å². The average Bonchev–Trinajstić information content (AvgIpc) is 2.35. The maximum atomic E-state index is 10.8. The van der Waals surface area contributed by atoms with Gasteiger partial charge in [-0.2, -0.15) is 0 Å². The number of H-pyrrole nitrogens is 1. The van der Waals surface area contributed by atoms with Gasteiger partial charge in [0, 0.05) is 23.4 Å². The zero-order chi connectivity index (χ0) is 14.2. The molecule has 0 spiro atoms. The summed E-state index contributed by atoms with van der Waals surface area (Å²) in [6, 6.07) is 4.67. The number of nitro groups is 1. The predicted molar refractivity (Wildman–Crippen MR) is 78.7 cm³/mol. The minimum atomic E-state index is -0.427. The van der Waals surface area contributed by atoms with Gasteiger partial charge < -0.3 is 4.98 Å². The number of rotatable bonds is 2. The zero-order valence-corrected chi connectivity index (χ0v) is 12.6. The number of nitrogens with zero attached hydrogens (tertiary/aromatic N) is 2. The molecule has 2 aromatic rings. The number of non-ortho nitro benzene ring substituents is 1. The van der Waals surface area contributed by atoms with Crippen molar-refractivity contribution >= 4 is 33.8 Å². The molecule has 0 bridgehead atoms. The van der Waals surface area contributed by atoms with Crippen molar-refractivity contribution in [3.8, 4) is 11.4 Å². The molecule has 0 radical (unpaired) electrons. The van der Waals surface area contributed by atoms with Crippen LogP contribution in [-0.2, 0) is 0 Å². The standard InChI is InChI=1S/C12H10BrN3O2S/c1-6-3-4-8(16(17)18)5-9(6)11-14-7(2)10(13)12(19)15-11/h3-5H,1-2H3,(H,14,15,19). The summed E-state index contributed by atoms with van der Waals surface area (Å²) in [4.78, 5) is 17.8. The van der Waals surface area contributed by atoms with Gasteiger partial charge in [0.2, 0.25) is 0 Å². The Balaban J connectivity index is 2.68. The molecule has 0 aliphatic carbocycles. The molecule has 98 valence electrons. The van der Waals surface area contributed by atoms with E-state index in [2.05, 4.69) is 25.9 Å². The predicted octanol–water partition coefficient (Wildman–Crippen LogP) is 4.09. The maximum Gasteiger partial charge on any atom is 0.270 e. The fourth-order valence-electron chi connectivity index (χ4n) is 1.68. The molecule has 2 rings (SSSR count). The molecular weight excluding hydrogens is 330 g/mol. The van der Waals surface area contributed by atoms with E-state index in [9.17, 15) is 10.1 Å². The van der Waals surface area contributed by atoms with Gasteiger partial charge in [0.25, 0.3) is 5.69 Å². The van der Waals surface area contributed by atoms with Gasteiger partial charge in [0.15, 0.2) is 0 Å². The molecule has 7 heteroatoms. The third kappa shape index (κ3) is 2.71. The number of benzene rings is 1. The topological polar surface area (TPSA) is 71.8 Å². The Morgan fingerprint density at radius 3 is 2.68 bits per heavy atom. The van der Waals surface area contributed by atoms with Crippen molar-refractivity contribution in [2.45, 2.75) is 13.8 Å². The van der Waals surface area contributed by atoms with Gasteiger partial charge in [-0.05, 0) is 35.3 Å². The minimum absolute atomic E-state index is 0.0299. The summed E-state index contributed by atoms with van der Waals surface area (Å²) in [5, 5.41) is 10.8. The Bertz CT molecular complexity index is 727. The number of aryl methyl sites for hydroxylation is 2. The number of halogens is 1.